The molecule has 0 spiro atoms. The fraction of sp³-hybridized carbons (Fsp3) is 0.571. The third-order valence-electron chi connectivity index (χ3n) is 6.98. The Bertz CT molecular complexity index is 783. The maximum absolute atomic E-state index is 6.52. The van der Waals surface area contributed by atoms with Crippen LogP contribution in [-0.4, -0.2) is 68.4 Å². The number of morpholine rings is 1. The van der Waals surface area contributed by atoms with Crippen molar-refractivity contribution in [2.45, 2.75) is 51.0 Å². The van der Waals surface area contributed by atoms with Crippen LogP contribution in [0.5, 0.6) is 5.75 Å². The molecule has 4 heteroatoms. The first-order chi connectivity index (χ1) is 15.8. The first-order valence-corrected chi connectivity index (χ1v) is 12.6. The molecule has 2 heterocycles. The standard InChI is InChI=1S/C28H40N2O2/c1-24(25-9-3-2-4-10-25)23-30-17-14-27(15-18-30)32-28-13-6-5-11-26(28)12-7-8-16-29-19-21-31-22-20-29/h2-6,9-11,13,24,27H,7-8,12,14-23H2,1H3. The van der Waals surface area contributed by atoms with E-state index in [2.05, 4.69) is 71.3 Å². The van der Waals surface area contributed by atoms with Crippen LogP contribution in [0.1, 0.15) is 49.7 Å². The van der Waals surface area contributed by atoms with Crippen molar-refractivity contribution in [3.05, 3.63) is 65.7 Å². The molecule has 32 heavy (non-hydrogen) atoms. The summed E-state index contributed by atoms with van der Waals surface area (Å²) in [5.74, 6) is 1.68. The summed E-state index contributed by atoms with van der Waals surface area (Å²) in [7, 11) is 0. The first kappa shape index (κ1) is 23.3. The largest absolute Gasteiger partial charge is 0.490 e. The normalized spacial score (nSPS) is 19.7. The summed E-state index contributed by atoms with van der Waals surface area (Å²) < 4.78 is 12.0. The topological polar surface area (TPSA) is 24.9 Å². The molecule has 2 fully saturated rings. The van der Waals surface area contributed by atoms with Gasteiger partial charge in [0, 0.05) is 32.7 Å². The van der Waals surface area contributed by atoms with Gasteiger partial charge in [-0.25, -0.2) is 0 Å². The smallest absolute Gasteiger partial charge is 0.122 e. The minimum Gasteiger partial charge on any atom is -0.490 e. The number of nitrogens with zero attached hydrogens (tertiary/aromatic N) is 2. The number of ether oxygens (including phenoxy) is 2. The summed E-state index contributed by atoms with van der Waals surface area (Å²) in [6, 6.07) is 19.6. The molecule has 0 aromatic heterocycles. The molecule has 0 bridgehead atoms. The van der Waals surface area contributed by atoms with Crippen LogP contribution in [-0.2, 0) is 11.2 Å². The highest BCUT2D eigenvalue weighted by molar-refractivity contribution is 5.33. The molecule has 174 valence electrons. The number of benzene rings is 2. The second kappa shape index (κ2) is 12.4. The predicted octanol–water partition coefficient (Wildman–Crippen LogP) is 4.99. The van der Waals surface area contributed by atoms with E-state index < -0.39 is 0 Å². The fourth-order valence-corrected chi connectivity index (χ4v) is 4.96. The van der Waals surface area contributed by atoms with Crippen molar-refractivity contribution in [3.8, 4) is 5.75 Å². The van der Waals surface area contributed by atoms with Crippen LogP contribution in [0.2, 0.25) is 0 Å². The zero-order chi connectivity index (χ0) is 22.0. The molecule has 0 aliphatic carbocycles. The van der Waals surface area contributed by atoms with E-state index >= 15 is 0 Å². The molecule has 1 atom stereocenters. The van der Waals surface area contributed by atoms with Crippen molar-refractivity contribution in [3.63, 3.8) is 0 Å². The number of hydrogen-bond donors (Lipinski definition) is 0. The van der Waals surface area contributed by atoms with Crippen molar-refractivity contribution in [2.24, 2.45) is 0 Å². The van der Waals surface area contributed by atoms with Gasteiger partial charge in [0.25, 0.3) is 0 Å². The molecule has 0 saturated carbocycles. The second-order valence-corrected chi connectivity index (χ2v) is 9.45. The van der Waals surface area contributed by atoms with Gasteiger partial charge < -0.3 is 14.4 Å². The van der Waals surface area contributed by atoms with Crippen LogP contribution in [0.15, 0.2) is 54.6 Å². The highest BCUT2D eigenvalue weighted by Crippen LogP contribution is 2.26. The SMILES string of the molecule is CC(CN1CCC(Oc2ccccc2CCCCN2CCOCC2)CC1)c1ccccc1. The van der Waals surface area contributed by atoms with Crippen LogP contribution in [0, 0.1) is 0 Å². The Morgan fingerprint density at radius 2 is 1.59 bits per heavy atom. The Morgan fingerprint density at radius 1 is 0.875 bits per heavy atom. The van der Waals surface area contributed by atoms with Crippen LogP contribution >= 0.6 is 0 Å². The van der Waals surface area contributed by atoms with Crippen molar-refractivity contribution in [2.75, 3.05) is 52.5 Å². The summed E-state index contributed by atoms with van der Waals surface area (Å²) in [6.07, 6.45) is 6.14. The molecular formula is C28H40N2O2. The van der Waals surface area contributed by atoms with Gasteiger partial charge in [-0.3, -0.25) is 4.90 Å². The molecule has 0 amide bonds. The Morgan fingerprint density at radius 3 is 2.38 bits per heavy atom. The monoisotopic (exact) mass is 436 g/mol. The Balaban J connectivity index is 1.19. The summed E-state index contributed by atoms with van der Waals surface area (Å²) in [6.45, 7) is 10.9. The zero-order valence-electron chi connectivity index (χ0n) is 19.8. The Labute approximate surface area is 194 Å². The number of aryl methyl sites for hydroxylation is 1. The lowest BCUT2D eigenvalue weighted by molar-refractivity contribution is 0.0372. The van der Waals surface area contributed by atoms with Gasteiger partial charge in [0.2, 0.25) is 0 Å². The quantitative estimate of drug-likeness (QED) is 0.490. The van der Waals surface area contributed by atoms with E-state index in [1.807, 2.05) is 0 Å². The molecule has 2 aliphatic rings. The molecular weight excluding hydrogens is 396 g/mol. The van der Waals surface area contributed by atoms with Crippen LogP contribution in [0.3, 0.4) is 0 Å². The van der Waals surface area contributed by atoms with E-state index in [4.69, 9.17) is 9.47 Å². The van der Waals surface area contributed by atoms with Crippen LogP contribution in [0.4, 0.5) is 0 Å². The van der Waals surface area contributed by atoms with Crippen molar-refractivity contribution in [1.82, 2.24) is 9.80 Å². The number of hydrogen-bond acceptors (Lipinski definition) is 4. The van der Waals surface area contributed by atoms with Gasteiger partial charge in [0.15, 0.2) is 0 Å². The van der Waals surface area contributed by atoms with E-state index in [-0.39, 0.29) is 0 Å². The van der Waals surface area contributed by atoms with Gasteiger partial charge in [-0.05, 0) is 61.8 Å². The van der Waals surface area contributed by atoms with Gasteiger partial charge in [-0.15, -0.1) is 0 Å². The van der Waals surface area contributed by atoms with E-state index in [1.165, 1.54) is 30.5 Å². The van der Waals surface area contributed by atoms with E-state index in [0.29, 0.717) is 12.0 Å². The third kappa shape index (κ3) is 7.06. The van der Waals surface area contributed by atoms with Gasteiger partial charge in [-0.1, -0.05) is 55.5 Å². The molecule has 2 aromatic carbocycles. The summed E-state index contributed by atoms with van der Waals surface area (Å²) in [4.78, 5) is 5.13. The third-order valence-corrected chi connectivity index (χ3v) is 6.98. The highest BCUT2D eigenvalue weighted by Gasteiger charge is 2.22. The molecule has 1 unspecified atom stereocenters. The first-order valence-electron chi connectivity index (χ1n) is 12.6. The Hall–Kier alpha value is -1.88. The van der Waals surface area contributed by atoms with E-state index in [1.54, 1.807) is 0 Å². The molecule has 2 saturated heterocycles. The van der Waals surface area contributed by atoms with Gasteiger partial charge in [0.05, 0.1) is 13.2 Å². The zero-order valence-corrected chi connectivity index (χ0v) is 19.8. The van der Waals surface area contributed by atoms with E-state index in [0.717, 1.165) is 70.9 Å². The van der Waals surface area contributed by atoms with Gasteiger partial charge in [0.1, 0.15) is 11.9 Å². The molecule has 4 rings (SSSR count). The lowest BCUT2D eigenvalue weighted by Crippen LogP contribution is -2.40. The second-order valence-electron chi connectivity index (χ2n) is 9.45. The maximum atomic E-state index is 6.52. The number of piperidine rings is 1. The minimum absolute atomic E-state index is 0.341. The molecule has 0 N–H and O–H groups in total. The Kier molecular flexibility index (Phi) is 9.01. The number of rotatable bonds is 10. The molecule has 0 radical (unpaired) electrons. The van der Waals surface area contributed by atoms with Crippen LogP contribution in [0.25, 0.3) is 0 Å². The summed E-state index contributed by atoms with van der Waals surface area (Å²) in [5.41, 5.74) is 2.81. The van der Waals surface area contributed by atoms with Gasteiger partial charge >= 0.3 is 0 Å². The minimum atomic E-state index is 0.341. The fourth-order valence-electron chi connectivity index (χ4n) is 4.96. The predicted molar refractivity (Wildman–Crippen MR) is 132 cm³/mol. The van der Waals surface area contributed by atoms with Crippen molar-refractivity contribution in [1.29, 1.82) is 0 Å². The van der Waals surface area contributed by atoms with E-state index in [9.17, 15) is 0 Å². The number of para-hydroxylation sites is 1. The van der Waals surface area contributed by atoms with Crippen molar-refractivity contribution >= 4 is 0 Å². The number of likely N-dealkylation sites (tertiary alicyclic amines) is 1. The summed E-state index contributed by atoms with van der Waals surface area (Å²) >= 11 is 0. The lowest BCUT2D eigenvalue weighted by Gasteiger charge is -2.34. The number of unbranched alkanes of at least 4 members (excludes halogenated alkanes) is 1. The van der Waals surface area contributed by atoms with Crippen LogP contribution < -0.4 is 4.74 Å². The molecule has 2 aliphatic heterocycles. The molecule has 4 nitrogen and oxygen atoms in total. The average molecular weight is 437 g/mol. The highest BCUT2D eigenvalue weighted by atomic mass is 16.5. The summed E-state index contributed by atoms with van der Waals surface area (Å²) in [5, 5.41) is 0. The molecule has 2 aromatic rings. The van der Waals surface area contributed by atoms with Gasteiger partial charge in [-0.2, -0.15) is 0 Å². The maximum Gasteiger partial charge on any atom is 0.122 e. The van der Waals surface area contributed by atoms with Crippen molar-refractivity contribution < 1.29 is 9.47 Å². The average Bonchev–Trinajstić information content (AvgIpc) is 2.85. The lowest BCUT2D eigenvalue weighted by atomic mass is 9.99.